The number of rotatable bonds is 2. The van der Waals surface area contributed by atoms with Crippen LogP contribution in [0.25, 0.3) is 0 Å². The molecule has 2 fully saturated rings. The summed E-state index contributed by atoms with van der Waals surface area (Å²) < 4.78 is 0. The molecule has 2 aliphatic heterocycles. The van der Waals surface area contributed by atoms with Crippen molar-refractivity contribution in [1.29, 1.82) is 0 Å². The normalized spacial score (nSPS) is 26.1. The maximum atomic E-state index is 12.8. The summed E-state index contributed by atoms with van der Waals surface area (Å²) in [4.78, 5) is 39.8. The highest BCUT2D eigenvalue weighted by atomic mass is 35.5. The predicted molar refractivity (Wildman–Crippen MR) is 99.7 cm³/mol. The SMILES string of the molecule is Cc1cc(Cl)ccc1NC(=O)C1C(=O)[C@H]2CS[C@H](C(C)(C)C)N2C1=O. The van der Waals surface area contributed by atoms with Gasteiger partial charge in [0.15, 0.2) is 11.7 Å². The summed E-state index contributed by atoms with van der Waals surface area (Å²) in [6, 6.07) is 4.56. The highest BCUT2D eigenvalue weighted by Crippen LogP contribution is 2.44. The van der Waals surface area contributed by atoms with Crippen LogP contribution in [0.3, 0.4) is 0 Å². The fraction of sp³-hybridized carbons (Fsp3) is 0.500. The Labute approximate surface area is 156 Å². The number of ketones is 1. The van der Waals surface area contributed by atoms with Crippen molar-refractivity contribution in [3.8, 4) is 0 Å². The number of benzene rings is 1. The molecule has 0 radical (unpaired) electrons. The summed E-state index contributed by atoms with van der Waals surface area (Å²) >= 11 is 7.53. The molecule has 1 N–H and O–H groups in total. The second-order valence-electron chi connectivity index (χ2n) is 7.60. The lowest BCUT2D eigenvalue weighted by Gasteiger charge is -2.33. The molecule has 1 unspecified atom stereocenters. The Morgan fingerprint density at radius 2 is 2.00 bits per heavy atom. The summed E-state index contributed by atoms with van der Waals surface area (Å²) in [5.74, 6) is -1.95. The van der Waals surface area contributed by atoms with Crippen LogP contribution in [0, 0.1) is 18.3 Å². The topological polar surface area (TPSA) is 66.5 Å². The van der Waals surface area contributed by atoms with Crippen molar-refractivity contribution in [3.63, 3.8) is 0 Å². The number of fused-ring (bicyclic) bond motifs is 1. The molecule has 2 aliphatic rings. The maximum absolute atomic E-state index is 12.8. The van der Waals surface area contributed by atoms with E-state index in [-0.39, 0.29) is 22.5 Å². The van der Waals surface area contributed by atoms with Gasteiger partial charge in [0, 0.05) is 16.5 Å². The van der Waals surface area contributed by atoms with Crippen molar-refractivity contribution in [2.75, 3.05) is 11.1 Å². The van der Waals surface area contributed by atoms with Crippen molar-refractivity contribution in [3.05, 3.63) is 28.8 Å². The molecule has 7 heteroatoms. The van der Waals surface area contributed by atoms with Crippen LogP contribution in [-0.2, 0) is 14.4 Å². The number of amides is 2. The summed E-state index contributed by atoms with van der Waals surface area (Å²) in [6.07, 6.45) is 0. The van der Waals surface area contributed by atoms with Crippen LogP contribution in [0.15, 0.2) is 18.2 Å². The molecule has 1 aromatic rings. The third kappa shape index (κ3) is 3.17. The van der Waals surface area contributed by atoms with Gasteiger partial charge < -0.3 is 10.2 Å². The molecule has 3 atom stereocenters. The number of carbonyl (C=O) groups excluding carboxylic acids is 3. The van der Waals surface area contributed by atoms with Gasteiger partial charge in [-0.3, -0.25) is 14.4 Å². The fourth-order valence-electron chi connectivity index (χ4n) is 3.34. The maximum Gasteiger partial charge on any atom is 0.244 e. The minimum absolute atomic E-state index is 0.0935. The van der Waals surface area contributed by atoms with Gasteiger partial charge in [-0.05, 0) is 36.1 Å². The average molecular weight is 381 g/mol. The van der Waals surface area contributed by atoms with Gasteiger partial charge in [0.1, 0.15) is 6.04 Å². The molecule has 0 bridgehead atoms. The highest BCUT2D eigenvalue weighted by Gasteiger charge is 2.58. The standard InChI is InChI=1S/C18H21ClN2O3S/c1-9-7-10(19)5-6-11(9)20-15(23)13-14(22)12-8-25-17(18(2,3)4)21(12)16(13)24/h5-7,12-13,17H,8H2,1-4H3,(H,20,23)/t12-,13?,17-/m1/s1. The number of anilines is 1. The monoisotopic (exact) mass is 380 g/mol. The molecule has 25 heavy (non-hydrogen) atoms. The van der Waals surface area contributed by atoms with Crippen LogP contribution in [0.1, 0.15) is 26.3 Å². The average Bonchev–Trinajstić information content (AvgIpc) is 3.03. The van der Waals surface area contributed by atoms with Gasteiger partial charge in [0.05, 0.1) is 5.37 Å². The molecular weight excluding hydrogens is 360 g/mol. The zero-order chi connectivity index (χ0) is 18.5. The Bertz CT molecular complexity index is 759. The smallest absolute Gasteiger partial charge is 0.244 e. The molecule has 0 saturated carbocycles. The zero-order valence-electron chi connectivity index (χ0n) is 14.6. The van der Waals surface area contributed by atoms with Gasteiger partial charge in [-0.15, -0.1) is 11.8 Å². The van der Waals surface area contributed by atoms with Crippen molar-refractivity contribution in [2.24, 2.45) is 11.3 Å². The van der Waals surface area contributed by atoms with Crippen molar-refractivity contribution in [2.45, 2.75) is 39.1 Å². The van der Waals surface area contributed by atoms with Gasteiger partial charge in [-0.2, -0.15) is 0 Å². The number of nitrogens with zero attached hydrogens (tertiary/aromatic N) is 1. The first-order valence-electron chi connectivity index (χ1n) is 8.16. The lowest BCUT2D eigenvalue weighted by atomic mass is 9.95. The molecule has 134 valence electrons. The lowest BCUT2D eigenvalue weighted by molar-refractivity contribution is -0.138. The predicted octanol–water partition coefficient (Wildman–Crippen LogP) is 3.10. The summed E-state index contributed by atoms with van der Waals surface area (Å²) in [5.41, 5.74) is 1.18. The van der Waals surface area contributed by atoms with E-state index >= 15 is 0 Å². The minimum Gasteiger partial charge on any atom is -0.325 e. The molecule has 0 aliphatic carbocycles. The van der Waals surface area contributed by atoms with Gasteiger partial charge >= 0.3 is 0 Å². The number of carbonyl (C=O) groups is 3. The Balaban J connectivity index is 1.82. The Morgan fingerprint density at radius 1 is 1.32 bits per heavy atom. The van der Waals surface area contributed by atoms with Crippen LogP contribution in [-0.4, -0.2) is 39.7 Å². The van der Waals surface area contributed by atoms with E-state index in [4.69, 9.17) is 11.6 Å². The van der Waals surface area contributed by atoms with Crippen molar-refractivity contribution in [1.82, 2.24) is 4.90 Å². The molecule has 0 aromatic heterocycles. The fourth-order valence-corrected chi connectivity index (χ4v) is 5.17. The number of halogens is 1. The number of hydrogen-bond acceptors (Lipinski definition) is 4. The van der Waals surface area contributed by atoms with Crippen LogP contribution < -0.4 is 5.32 Å². The third-order valence-electron chi connectivity index (χ3n) is 4.56. The van der Waals surface area contributed by atoms with Crippen LogP contribution >= 0.6 is 23.4 Å². The lowest BCUT2D eigenvalue weighted by Crippen LogP contribution is -2.43. The Morgan fingerprint density at radius 3 is 2.60 bits per heavy atom. The quantitative estimate of drug-likeness (QED) is 0.800. The van der Waals surface area contributed by atoms with E-state index in [0.717, 1.165) is 5.56 Å². The largest absolute Gasteiger partial charge is 0.325 e. The van der Waals surface area contributed by atoms with Crippen LogP contribution in [0.2, 0.25) is 5.02 Å². The van der Waals surface area contributed by atoms with E-state index in [2.05, 4.69) is 5.32 Å². The summed E-state index contributed by atoms with van der Waals surface area (Å²) in [6.45, 7) is 7.92. The van der Waals surface area contributed by atoms with E-state index in [1.165, 1.54) is 0 Å². The molecular formula is C18H21ClN2O3S. The number of aryl methyl sites for hydroxylation is 1. The highest BCUT2D eigenvalue weighted by molar-refractivity contribution is 8.00. The van der Waals surface area contributed by atoms with Crippen LogP contribution in [0.5, 0.6) is 0 Å². The summed E-state index contributed by atoms with van der Waals surface area (Å²) in [5, 5.41) is 3.18. The second-order valence-corrected chi connectivity index (χ2v) is 9.15. The molecule has 1 aromatic carbocycles. The Kier molecular flexibility index (Phi) is 4.62. The van der Waals surface area contributed by atoms with E-state index in [1.54, 1.807) is 34.9 Å². The molecule has 0 spiro atoms. The number of Topliss-reactive ketones (excluding diaryl/α,β-unsaturated/α-hetero) is 1. The molecule has 5 nitrogen and oxygen atoms in total. The molecule has 2 heterocycles. The van der Waals surface area contributed by atoms with E-state index in [0.29, 0.717) is 16.5 Å². The summed E-state index contributed by atoms with van der Waals surface area (Å²) in [7, 11) is 0. The first-order chi connectivity index (χ1) is 11.6. The van der Waals surface area contributed by atoms with Crippen molar-refractivity contribution < 1.29 is 14.4 Å². The van der Waals surface area contributed by atoms with Crippen LogP contribution in [0.4, 0.5) is 5.69 Å². The Hall–Kier alpha value is -1.53. The van der Waals surface area contributed by atoms with Gasteiger partial charge in [-0.1, -0.05) is 32.4 Å². The van der Waals surface area contributed by atoms with E-state index in [9.17, 15) is 14.4 Å². The molecule has 2 saturated heterocycles. The number of nitrogens with one attached hydrogen (secondary N) is 1. The second kappa shape index (κ2) is 6.32. The number of hydrogen-bond donors (Lipinski definition) is 1. The van der Waals surface area contributed by atoms with Gasteiger partial charge in [0.2, 0.25) is 11.8 Å². The van der Waals surface area contributed by atoms with Gasteiger partial charge in [-0.25, -0.2) is 0 Å². The van der Waals surface area contributed by atoms with Crippen molar-refractivity contribution >= 4 is 46.6 Å². The molecule has 2 amide bonds. The third-order valence-corrected chi connectivity index (χ3v) is 6.56. The number of thioether (sulfide) groups is 1. The first kappa shape index (κ1) is 18.3. The minimum atomic E-state index is -1.26. The van der Waals surface area contributed by atoms with Gasteiger partial charge in [0.25, 0.3) is 0 Å². The van der Waals surface area contributed by atoms with E-state index < -0.39 is 17.9 Å². The molecule has 3 rings (SSSR count). The zero-order valence-corrected chi connectivity index (χ0v) is 16.2. The van der Waals surface area contributed by atoms with E-state index in [1.807, 2.05) is 27.7 Å². The first-order valence-corrected chi connectivity index (χ1v) is 9.58.